The molecular formula is C11H20ORhSi-. The van der Waals surface area contributed by atoms with Gasteiger partial charge < -0.3 is 12.5 Å². The van der Waals surface area contributed by atoms with Crippen molar-refractivity contribution >= 4 is 8.80 Å². The molecule has 1 nitrogen and oxygen atoms in total. The van der Waals surface area contributed by atoms with Gasteiger partial charge in [-0.15, -0.1) is 0 Å². The summed E-state index contributed by atoms with van der Waals surface area (Å²) in [5.74, 6) is 0. The van der Waals surface area contributed by atoms with Crippen LogP contribution in [0.3, 0.4) is 0 Å². The van der Waals surface area contributed by atoms with Gasteiger partial charge >= 0.3 is 0 Å². The van der Waals surface area contributed by atoms with Crippen LogP contribution < -0.4 is 0 Å². The molecule has 0 bridgehead atoms. The van der Waals surface area contributed by atoms with Crippen LogP contribution >= 0.6 is 0 Å². The number of hydrogen-bond acceptors (Lipinski definition) is 1. The maximum absolute atomic E-state index is 8.54. The summed E-state index contributed by atoms with van der Waals surface area (Å²) in [6.07, 6.45) is 0. The topological polar surface area (TPSA) is 20.2 Å². The molecule has 0 unspecified atom stereocenters. The Balaban J connectivity index is -0.000000180. The Morgan fingerprint density at radius 3 is 1.64 bits per heavy atom. The Morgan fingerprint density at radius 2 is 1.43 bits per heavy atom. The van der Waals surface area contributed by atoms with Crippen LogP contribution in [0.5, 0.6) is 0 Å². The van der Waals surface area contributed by atoms with Crippen molar-refractivity contribution in [3.63, 3.8) is 0 Å². The molecule has 2 radical (unpaired) electrons. The maximum atomic E-state index is 8.54. The first-order valence-corrected chi connectivity index (χ1v) is 7.08. The summed E-state index contributed by atoms with van der Waals surface area (Å²) in [5.41, 5.74) is 0.965. The largest absolute Gasteiger partial charge is 0.392 e. The molecule has 0 aliphatic heterocycles. The van der Waals surface area contributed by atoms with Gasteiger partial charge in [0, 0.05) is 28.3 Å². The molecule has 1 rings (SSSR count). The molecule has 84 valence electrons. The molecule has 0 aliphatic rings. The van der Waals surface area contributed by atoms with Crippen LogP contribution in [0, 0.1) is 7.43 Å². The van der Waals surface area contributed by atoms with Crippen molar-refractivity contribution in [1.82, 2.24) is 0 Å². The van der Waals surface area contributed by atoms with E-state index < -0.39 is 0 Å². The molecule has 1 aromatic rings. The fourth-order valence-corrected chi connectivity index (χ4v) is 0.583. The maximum Gasteiger partial charge on any atom is 0.0681 e. The predicted octanol–water partition coefficient (Wildman–Crippen LogP) is 3.00. The van der Waals surface area contributed by atoms with Crippen molar-refractivity contribution in [2.75, 3.05) is 0 Å². The van der Waals surface area contributed by atoms with E-state index in [9.17, 15) is 0 Å². The molecule has 3 heteroatoms. The van der Waals surface area contributed by atoms with Gasteiger partial charge in [0.2, 0.25) is 0 Å². The minimum atomic E-state index is 0. The fraction of sp³-hybridized carbons (Fsp3) is 0.364. The molecule has 0 amide bonds. The van der Waals surface area contributed by atoms with Crippen molar-refractivity contribution in [1.29, 1.82) is 0 Å². The number of rotatable bonds is 1. The summed E-state index contributed by atoms with van der Waals surface area (Å²) >= 11 is 0. The SMILES string of the molecule is C[Si](C)C.OCc1ccccc1.[CH3-].[Rh]. The third-order valence-electron chi connectivity index (χ3n) is 1.03. The van der Waals surface area contributed by atoms with Gasteiger partial charge in [0.05, 0.1) is 6.61 Å². The van der Waals surface area contributed by atoms with E-state index >= 15 is 0 Å². The average Bonchev–Trinajstić information content (AvgIpc) is 2.05. The van der Waals surface area contributed by atoms with Crippen LogP contribution in [0.15, 0.2) is 30.3 Å². The summed E-state index contributed by atoms with van der Waals surface area (Å²) < 4.78 is 0. The number of aliphatic hydroxyl groups excluding tert-OH is 1. The third kappa shape index (κ3) is 14.5. The van der Waals surface area contributed by atoms with E-state index in [1.165, 1.54) is 0 Å². The summed E-state index contributed by atoms with van der Waals surface area (Å²) in [6, 6.07) is 9.52. The van der Waals surface area contributed by atoms with Gasteiger partial charge in [-0.2, -0.15) is 0 Å². The van der Waals surface area contributed by atoms with Crippen LogP contribution in [0.2, 0.25) is 19.6 Å². The molecule has 0 saturated carbocycles. The number of hydrogen-bond donors (Lipinski definition) is 1. The second kappa shape index (κ2) is 13.0. The summed E-state index contributed by atoms with van der Waals surface area (Å²) in [6.45, 7) is 6.95. The zero-order chi connectivity index (χ0) is 9.40. The van der Waals surface area contributed by atoms with Crippen molar-refractivity contribution < 1.29 is 24.6 Å². The van der Waals surface area contributed by atoms with Crippen LogP contribution in [0.4, 0.5) is 0 Å². The normalized spacial score (nSPS) is 7.79. The molecule has 0 aliphatic carbocycles. The Kier molecular flexibility index (Phi) is 18.2. The van der Waals surface area contributed by atoms with E-state index in [0.29, 0.717) is 0 Å². The molecular weight excluding hydrogens is 279 g/mol. The van der Waals surface area contributed by atoms with Crippen molar-refractivity contribution in [3.8, 4) is 0 Å². The minimum Gasteiger partial charge on any atom is -0.392 e. The minimum absolute atomic E-state index is 0. The fourth-order valence-electron chi connectivity index (χ4n) is 0.583. The van der Waals surface area contributed by atoms with Gasteiger partial charge in [-0.3, -0.25) is 0 Å². The Hall–Kier alpha value is 0.0203. The standard InChI is InChI=1S/C7H8O.C3H9Si.CH3.Rh/c8-6-7-4-2-1-3-5-7;1-4(2)3;;/h1-5,8H,6H2;1-3H3;1H3;/q;;-1;. The second-order valence-electron chi connectivity index (χ2n) is 3.14. The molecule has 0 saturated heterocycles. The van der Waals surface area contributed by atoms with E-state index in [-0.39, 0.29) is 42.3 Å². The van der Waals surface area contributed by atoms with Gasteiger partial charge in [0.15, 0.2) is 0 Å². The van der Waals surface area contributed by atoms with Crippen LogP contribution in [0.25, 0.3) is 0 Å². The monoisotopic (exact) mass is 299 g/mol. The zero-order valence-corrected chi connectivity index (χ0v) is 12.0. The van der Waals surface area contributed by atoms with Gasteiger partial charge in [-0.1, -0.05) is 50.0 Å². The number of aliphatic hydroxyl groups is 1. The molecule has 0 fully saturated rings. The molecule has 0 spiro atoms. The first kappa shape index (κ1) is 19.6. The molecule has 0 atom stereocenters. The zero-order valence-electron chi connectivity index (χ0n) is 9.37. The number of benzene rings is 1. The summed E-state index contributed by atoms with van der Waals surface area (Å²) in [4.78, 5) is 0. The molecule has 0 aromatic heterocycles. The Morgan fingerprint density at radius 1 is 1.07 bits per heavy atom. The molecule has 0 heterocycles. The van der Waals surface area contributed by atoms with Gasteiger partial charge in [0.1, 0.15) is 0 Å². The van der Waals surface area contributed by atoms with Crippen LogP contribution in [-0.2, 0) is 26.1 Å². The first-order valence-electron chi connectivity index (χ1n) is 4.08. The second-order valence-corrected chi connectivity index (χ2v) is 6.14. The summed E-state index contributed by atoms with van der Waals surface area (Å²) in [7, 11) is 0.120. The molecule has 1 aromatic carbocycles. The van der Waals surface area contributed by atoms with Crippen molar-refractivity contribution in [3.05, 3.63) is 43.3 Å². The molecule has 14 heavy (non-hydrogen) atoms. The Bertz CT molecular complexity index is 187. The van der Waals surface area contributed by atoms with Crippen molar-refractivity contribution in [2.24, 2.45) is 0 Å². The van der Waals surface area contributed by atoms with E-state index in [4.69, 9.17) is 5.11 Å². The quantitative estimate of drug-likeness (QED) is 0.624. The van der Waals surface area contributed by atoms with E-state index in [1.54, 1.807) is 0 Å². The van der Waals surface area contributed by atoms with Gasteiger partial charge in [0.25, 0.3) is 0 Å². The van der Waals surface area contributed by atoms with Crippen molar-refractivity contribution in [2.45, 2.75) is 26.2 Å². The van der Waals surface area contributed by atoms with Crippen LogP contribution in [-0.4, -0.2) is 13.9 Å². The first-order chi connectivity index (χ1) is 5.66. The average molecular weight is 299 g/mol. The van der Waals surface area contributed by atoms with E-state index in [1.807, 2.05) is 30.3 Å². The smallest absolute Gasteiger partial charge is 0.0681 e. The molecule has 1 N–H and O–H groups in total. The van der Waals surface area contributed by atoms with E-state index in [0.717, 1.165) is 5.56 Å². The summed E-state index contributed by atoms with van der Waals surface area (Å²) in [5, 5.41) is 8.54. The van der Waals surface area contributed by atoms with Gasteiger partial charge in [-0.25, -0.2) is 0 Å². The van der Waals surface area contributed by atoms with Crippen LogP contribution in [0.1, 0.15) is 5.56 Å². The Labute approximate surface area is 103 Å². The third-order valence-corrected chi connectivity index (χ3v) is 1.03. The van der Waals surface area contributed by atoms with E-state index in [2.05, 4.69) is 19.6 Å². The van der Waals surface area contributed by atoms with Gasteiger partial charge in [-0.05, 0) is 5.56 Å². The predicted molar refractivity (Wildman–Crippen MR) is 62.1 cm³/mol.